The van der Waals surface area contributed by atoms with Crippen LogP contribution in [0.1, 0.15) is 106 Å². The molecule has 8 nitrogen and oxygen atoms in total. The summed E-state index contributed by atoms with van der Waals surface area (Å²) in [6.07, 6.45) is 7.54. The minimum absolute atomic E-state index is 0.0104. The van der Waals surface area contributed by atoms with Crippen LogP contribution in [0.5, 0.6) is 0 Å². The standard InChI is InChI=1S/C29H45N3O5S/c1-18-7-9-21(10-8-18)27(34)32(24(19(2)28(35)36)17-25(38)29(4,5)6)22-11-13-23(14-12-22)37-26(15-16-30)31-20(3)33/h16,18,21-23,30H,7-15,17H2,1-6H3,(H,35,36). The van der Waals surface area contributed by atoms with Gasteiger partial charge in [-0.1, -0.05) is 39.9 Å². The zero-order valence-corrected chi connectivity index (χ0v) is 24.7. The van der Waals surface area contributed by atoms with Crippen molar-refractivity contribution in [3.63, 3.8) is 0 Å². The summed E-state index contributed by atoms with van der Waals surface area (Å²) < 4.78 is 5.96. The number of aliphatic carboxylic acids is 1. The lowest BCUT2D eigenvalue weighted by Gasteiger charge is -2.41. The van der Waals surface area contributed by atoms with Crippen LogP contribution in [0.15, 0.2) is 16.3 Å². The summed E-state index contributed by atoms with van der Waals surface area (Å²) >= 11 is 5.73. The van der Waals surface area contributed by atoms with Crippen LogP contribution in [-0.2, 0) is 19.1 Å². The lowest BCUT2D eigenvalue weighted by molar-refractivity contribution is -0.138. The Morgan fingerprint density at radius 2 is 1.63 bits per heavy atom. The molecule has 0 aromatic carbocycles. The Balaban J connectivity index is 2.37. The molecule has 0 aliphatic heterocycles. The summed E-state index contributed by atoms with van der Waals surface area (Å²) in [5.74, 6) is -0.698. The maximum atomic E-state index is 14.1. The lowest BCUT2D eigenvalue weighted by Crippen LogP contribution is -2.47. The van der Waals surface area contributed by atoms with Gasteiger partial charge in [-0.25, -0.2) is 4.79 Å². The van der Waals surface area contributed by atoms with Gasteiger partial charge in [0.25, 0.3) is 0 Å². The summed E-state index contributed by atoms with van der Waals surface area (Å²) in [6.45, 7) is 11.2. The summed E-state index contributed by atoms with van der Waals surface area (Å²) in [5, 5.41) is 17.3. The number of aliphatic imine (C=N–C) groups is 1. The molecule has 2 N–H and O–H groups in total. The number of thiocarbonyl (C=S) groups is 1. The van der Waals surface area contributed by atoms with E-state index in [2.05, 4.69) is 11.9 Å². The number of carboxylic acid groups (broad SMARTS) is 1. The second-order valence-electron chi connectivity index (χ2n) is 11.9. The molecule has 2 fully saturated rings. The summed E-state index contributed by atoms with van der Waals surface area (Å²) in [5.41, 5.74) is 0.365. The smallest absolute Gasteiger partial charge is 0.333 e. The van der Waals surface area contributed by atoms with E-state index in [1.54, 1.807) is 11.8 Å². The molecular formula is C29H45N3O5S. The van der Waals surface area contributed by atoms with E-state index in [1.807, 2.05) is 20.8 Å². The van der Waals surface area contributed by atoms with Gasteiger partial charge in [-0.15, -0.1) is 0 Å². The first kappa shape index (κ1) is 31.8. The van der Waals surface area contributed by atoms with Crippen LogP contribution in [0.2, 0.25) is 0 Å². The Bertz CT molecular complexity index is 965. The zero-order valence-electron chi connectivity index (χ0n) is 23.8. The molecule has 0 radical (unpaired) electrons. The van der Waals surface area contributed by atoms with Crippen LogP contribution in [0.4, 0.5) is 0 Å². The van der Waals surface area contributed by atoms with Crippen molar-refractivity contribution < 1.29 is 24.2 Å². The molecule has 0 aromatic heterocycles. The third kappa shape index (κ3) is 9.10. The second kappa shape index (κ2) is 14.1. The van der Waals surface area contributed by atoms with Crippen molar-refractivity contribution >= 4 is 47.0 Å². The normalized spacial score (nSPS) is 25.2. The first-order valence-corrected chi connectivity index (χ1v) is 14.2. The van der Waals surface area contributed by atoms with E-state index in [1.165, 1.54) is 6.92 Å². The van der Waals surface area contributed by atoms with Crippen LogP contribution in [0.3, 0.4) is 0 Å². The maximum Gasteiger partial charge on any atom is 0.333 e. The van der Waals surface area contributed by atoms with Crippen molar-refractivity contribution in [1.82, 2.24) is 4.90 Å². The molecule has 2 aliphatic carbocycles. The van der Waals surface area contributed by atoms with Gasteiger partial charge in [-0.2, -0.15) is 4.99 Å². The second-order valence-corrected chi connectivity index (χ2v) is 12.4. The largest absolute Gasteiger partial charge is 0.478 e. The molecule has 38 heavy (non-hydrogen) atoms. The van der Waals surface area contributed by atoms with Crippen molar-refractivity contribution in [2.45, 2.75) is 118 Å². The summed E-state index contributed by atoms with van der Waals surface area (Å²) in [7, 11) is 0. The maximum absolute atomic E-state index is 14.1. The SMILES string of the molecule is CC(=O)N=C(CC=N)OC1CCC(N(C(=O)C2CCC(C)CC2)C(CC(=S)C(C)(C)C)=C(C)C(=O)O)CC1. The molecule has 0 unspecified atom stereocenters. The number of rotatable bonds is 9. The van der Waals surface area contributed by atoms with Crippen molar-refractivity contribution in [3.8, 4) is 0 Å². The zero-order chi connectivity index (χ0) is 28.6. The van der Waals surface area contributed by atoms with Crippen molar-refractivity contribution in [3.05, 3.63) is 11.3 Å². The molecule has 2 aliphatic rings. The van der Waals surface area contributed by atoms with E-state index in [4.69, 9.17) is 22.4 Å². The number of carbonyl (C=O) groups excluding carboxylic acids is 2. The highest BCUT2D eigenvalue weighted by atomic mass is 32.1. The minimum atomic E-state index is -1.04. The van der Waals surface area contributed by atoms with Crippen LogP contribution >= 0.6 is 12.2 Å². The van der Waals surface area contributed by atoms with Crippen molar-refractivity contribution in [2.75, 3.05) is 0 Å². The number of hydrogen-bond acceptors (Lipinski definition) is 6. The number of carbonyl (C=O) groups is 3. The molecule has 0 heterocycles. The van der Waals surface area contributed by atoms with Gasteiger partial charge >= 0.3 is 5.97 Å². The van der Waals surface area contributed by atoms with Gasteiger partial charge in [-0.3, -0.25) is 9.59 Å². The molecule has 0 atom stereocenters. The van der Waals surface area contributed by atoms with Crippen LogP contribution in [0, 0.1) is 22.7 Å². The topological polar surface area (TPSA) is 120 Å². The predicted octanol–water partition coefficient (Wildman–Crippen LogP) is 6.12. The van der Waals surface area contributed by atoms with E-state index >= 15 is 0 Å². The molecule has 0 aromatic rings. The number of ether oxygens (including phenoxy) is 1. The van der Waals surface area contributed by atoms with Crippen LogP contribution in [-0.4, -0.2) is 56.9 Å². The molecule has 2 saturated carbocycles. The third-order valence-corrected chi connectivity index (χ3v) is 8.44. The first-order valence-electron chi connectivity index (χ1n) is 13.8. The van der Waals surface area contributed by atoms with Gasteiger partial charge in [0.2, 0.25) is 11.8 Å². The average molecular weight is 548 g/mol. The van der Waals surface area contributed by atoms with Gasteiger partial charge in [0.15, 0.2) is 5.90 Å². The van der Waals surface area contributed by atoms with Crippen LogP contribution < -0.4 is 0 Å². The van der Waals surface area contributed by atoms with Gasteiger partial charge < -0.3 is 20.2 Å². The van der Waals surface area contributed by atoms with Gasteiger partial charge in [0.05, 0.1) is 12.0 Å². The highest BCUT2D eigenvalue weighted by Crippen LogP contribution is 2.37. The average Bonchev–Trinajstić information content (AvgIpc) is 2.83. The Labute approximate surface area is 232 Å². The molecule has 0 bridgehead atoms. The first-order chi connectivity index (χ1) is 17.7. The fraction of sp³-hybridized carbons (Fsp3) is 0.724. The lowest BCUT2D eigenvalue weighted by atomic mass is 9.81. The number of carboxylic acids is 1. The fourth-order valence-corrected chi connectivity index (χ4v) is 5.31. The van der Waals surface area contributed by atoms with Gasteiger partial charge in [0, 0.05) is 42.1 Å². The number of allylic oxidation sites excluding steroid dienone is 1. The van der Waals surface area contributed by atoms with Crippen molar-refractivity contribution in [2.24, 2.45) is 22.2 Å². The molecular weight excluding hydrogens is 502 g/mol. The third-order valence-electron chi connectivity index (χ3n) is 7.68. The number of hydrogen-bond donors (Lipinski definition) is 2. The molecule has 0 saturated heterocycles. The predicted molar refractivity (Wildman–Crippen MR) is 154 cm³/mol. The number of amides is 2. The summed E-state index contributed by atoms with van der Waals surface area (Å²) in [4.78, 5) is 44.2. The molecule has 0 spiro atoms. The number of nitrogens with zero attached hydrogens (tertiary/aromatic N) is 2. The van der Waals surface area contributed by atoms with E-state index in [9.17, 15) is 19.5 Å². The molecule has 2 amide bonds. The summed E-state index contributed by atoms with van der Waals surface area (Å²) in [6, 6.07) is -0.162. The van der Waals surface area contributed by atoms with Gasteiger partial charge in [-0.05, 0) is 69.6 Å². The highest BCUT2D eigenvalue weighted by Gasteiger charge is 2.38. The van der Waals surface area contributed by atoms with E-state index in [0.717, 1.165) is 36.8 Å². The van der Waals surface area contributed by atoms with E-state index in [0.29, 0.717) is 37.3 Å². The van der Waals surface area contributed by atoms with Crippen LogP contribution in [0.25, 0.3) is 0 Å². The monoisotopic (exact) mass is 547 g/mol. The van der Waals surface area contributed by atoms with Gasteiger partial charge in [0.1, 0.15) is 6.10 Å². The van der Waals surface area contributed by atoms with E-state index in [-0.39, 0.29) is 59.6 Å². The molecule has 2 rings (SSSR count). The quantitative estimate of drug-likeness (QED) is 0.155. The van der Waals surface area contributed by atoms with Crippen molar-refractivity contribution in [1.29, 1.82) is 5.41 Å². The minimum Gasteiger partial charge on any atom is -0.478 e. The Morgan fingerprint density at radius 1 is 1.05 bits per heavy atom. The highest BCUT2D eigenvalue weighted by molar-refractivity contribution is 7.80. The molecule has 9 heteroatoms. The Hall–Kier alpha value is -2.42. The Kier molecular flexibility index (Phi) is 11.8. The van der Waals surface area contributed by atoms with E-state index < -0.39 is 5.97 Å². The Morgan fingerprint density at radius 3 is 2.11 bits per heavy atom. The molecule has 212 valence electrons. The fourth-order valence-electron chi connectivity index (χ4n) is 5.17. The number of nitrogens with one attached hydrogen (secondary N) is 1.